The van der Waals surface area contributed by atoms with Crippen molar-refractivity contribution < 1.29 is 23.2 Å². The molecule has 2 aliphatic rings. The molecule has 2 aromatic carbocycles. The van der Waals surface area contributed by atoms with Gasteiger partial charge in [-0.3, -0.25) is 4.79 Å². The van der Waals surface area contributed by atoms with Crippen LogP contribution in [0.25, 0.3) is 22.2 Å². The van der Waals surface area contributed by atoms with E-state index in [2.05, 4.69) is 9.72 Å². The smallest absolute Gasteiger partial charge is 0.227 e. The fraction of sp³-hybridized carbons (Fsp3) is 0.346. The molecule has 180 valence electrons. The van der Waals surface area contributed by atoms with Crippen molar-refractivity contribution in [2.75, 3.05) is 4.90 Å². The standard InChI is InChI=1S/C26H24F2N4O3/c1-13-25(14(2)35-30-13)15-3-6-22-21(9-15)29-26(32(22)17-10-18(33)11-17)23-7-8-24(34)31(23)16-4-5-19(27)20(28)12-16/h3-6,9,12,17-18,23,33H,7-8,10-11H2,1-2H3. The number of anilines is 1. The van der Waals surface area contributed by atoms with Gasteiger partial charge in [0.25, 0.3) is 0 Å². The van der Waals surface area contributed by atoms with E-state index >= 15 is 0 Å². The first kappa shape index (κ1) is 21.9. The fourth-order valence-corrected chi connectivity index (χ4v) is 5.44. The highest BCUT2D eigenvalue weighted by atomic mass is 19.2. The molecule has 1 atom stereocenters. The molecule has 0 bridgehead atoms. The zero-order valence-electron chi connectivity index (χ0n) is 19.3. The molecule has 0 radical (unpaired) electrons. The van der Waals surface area contributed by atoms with Crippen molar-refractivity contribution in [1.29, 1.82) is 0 Å². The van der Waals surface area contributed by atoms with Crippen molar-refractivity contribution in [2.24, 2.45) is 0 Å². The fourth-order valence-electron chi connectivity index (χ4n) is 5.44. The number of aryl methyl sites for hydroxylation is 2. The van der Waals surface area contributed by atoms with Crippen LogP contribution in [0.4, 0.5) is 14.5 Å². The number of fused-ring (bicyclic) bond motifs is 1. The lowest BCUT2D eigenvalue weighted by Crippen LogP contribution is -2.34. The van der Waals surface area contributed by atoms with Crippen LogP contribution >= 0.6 is 0 Å². The number of hydrogen-bond donors (Lipinski definition) is 1. The topological polar surface area (TPSA) is 84.4 Å². The third-order valence-corrected chi connectivity index (χ3v) is 7.18. The van der Waals surface area contributed by atoms with Gasteiger partial charge < -0.3 is 19.1 Å². The highest BCUT2D eigenvalue weighted by Gasteiger charge is 2.40. The van der Waals surface area contributed by atoms with Crippen LogP contribution in [0.3, 0.4) is 0 Å². The molecule has 4 aromatic rings. The maximum Gasteiger partial charge on any atom is 0.227 e. The Kier molecular flexibility index (Phi) is 5.00. The number of amides is 1. The highest BCUT2D eigenvalue weighted by molar-refractivity contribution is 5.96. The molecule has 1 unspecified atom stereocenters. The Morgan fingerprint density at radius 3 is 2.57 bits per heavy atom. The van der Waals surface area contributed by atoms with Crippen LogP contribution in [-0.2, 0) is 4.79 Å². The first-order valence-electron chi connectivity index (χ1n) is 11.7. The van der Waals surface area contributed by atoms with Crippen molar-refractivity contribution in [2.45, 2.75) is 57.7 Å². The monoisotopic (exact) mass is 478 g/mol. The number of aliphatic hydroxyl groups is 1. The molecule has 0 spiro atoms. The summed E-state index contributed by atoms with van der Waals surface area (Å²) in [4.78, 5) is 19.4. The van der Waals surface area contributed by atoms with Crippen LogP contribution in [0.1, 0.15) is 55.0 Å². The number of carbonyl (C=O) groups is 1. The maximum atomic E-state index is 14.0. The molecule has 1 aliphatic carbocycles. The van der Waals surface area contributed by atoms with Gasteiger partial charge in [-0.2, -0.15) is 0 Å². The van der Waals surface area contributed by atoms with Gasteiger partial charge in [0.2, 0.25) is 5.91 Å². The van der Waals surface area contributed by atoms with E-state index in [1.807, 2.05) is 32.0 Å². The zero-order chi connectivity index (χ0) is 24.4. The van der Waals surface area contributed by atoms with Gasteiger partial charge in [-0.15, -0.1) is 0 Å². The highest BCUT2D eigenvalue weighted by Crippen LogP contribution is 2.43. The quantitative estimate of drug-likeness (QED) is 0.439. The molecule has 9 heteroatoms. The Hall–Kier alpha value is -3.59. The van der Waals surface area contributed by atoms with E-state index in [0.717, 1.165) is 45.7 Å². The van der Waals surface area contributed by atoms with Crippen LogP contribution in [0.15, 0.2) is 40.9 Å². The second-order valence-corrected chi connectivity index (χ2v) is 9.44. The lowest BCUT2D eigenvalue weighted by atomic mass is 9.88. The third kappa shape index (κ3) is 3.44. The number of imidazole rings is 1. The molecule has 1 N–H and O–H groups in total. The normalized spacial score (nSPS) is 22.3. The van der Waals surface area contributed by atoms with E-state index in [4.69, 9.17) is 9.51 Å². The second kappa shape index (κ2) is 7.98. The van der Waals surface area contributed by atoms with E-state index in [9.17, 15) is 18.7 Å². The molecule has 1 saturated carbocycles. The van der Waals surface area contributed by atoms with Crippen LogP contribution in [-0.4, -0.2) is 31.8 Å². The number of benzene rings is 2. The lowest BCUT2D eigenvalue weighted by molar-refractivity contribution is -0.117. The summed E-state index contributed by atoms with van der Waals surface area (Å²) in [6.45, 7) is 3.75. The van der Waals surface area contributed by atoms with Gasteiger partial charge in [-0.1, -0.05) is 11.2 Å². The van der Waals surface area contributed by atoms with Crippen LogP contribution < -0.4 is 4.90 Å². The molecule has 3 heterocycles. The van der Waals surface area contributed by atoms with E-state index in [1.165, 1.54) is 11.0 Å². The SMILES string of the molecule is Cc1noc(C)c1-c1ccc2c(c1)nc(C1CCC(=O)N1c1ccc(F)c(F)c1)n2C1CC(O)C1. The lowest BCUT2D eigenvalue weighted by Gasteiger charge is -2.36. The van der Waals surface area contributed by atoms with Crippen LogP contribution in [0, 0.1) is 25.5 Å². The second-order valence-electron chi connectivity index (χ2n) is 9.44. The molecule has 2 fully saturated rings. The summed E-state index contributed by atoms with van der Waals surface area (Å²) in [7, 11) is 0. The van der Waals surface area contributed by atoms with Crippen molar-refractivity contribution >= 4 is 22.6 Å². The summed E-state index contributed by atoms with van der Waals surface area (Å²) in [5.74, 6) is -0.720. The third-order valence-electron chi connectivity index (χ3n) is 7.18. The molecular formula is C26H24F2N4O3. The van der Waals surface area contributed by atoms with Gasteiger partial charge in [0.1, 0.15) is 11.6 Å². The number of nitrogens with zero attached hydrogens (tertiary/aromatic N) is 4. The molecule has 7 nitrogen and oxygen atoms in total. The summed E-state index contributed by atoms with van der Waals surface area (Å²) in [5.41, 5.74) is 4.59. The number of halogens is 2. The summed E-state index contributed by atoms with van der Waals surface area (Å²) < 4.78 is 35.1. The Morgan fingerprint density at radius 1 is 1.09 bits per heavy atom. The molecule has 1 amide bonds. The number of aliphatic hydroxyl groups excluding tert-OH is 1. The van der Waals surface area contributed by atoms with Crippen molar-refractivity contribution in [3.63, 3.8) is 0 Å². The summed E-state index contributed by atoms with van der Waals surface area (Å²) in [6, 6.07) is 9.10. The average molecular weight is 478 g/mol. The number of carbonyl (C=O) groups excluding carboxylic acids is 1. The summed E-state index contributed by atoms with van der Waals surface area (Å²) in [5, 5.41) is 14.1. The maximum absolute atomic E-state index is 14.0. The van der Waals surface area contributed by atoms with Crippen molar-refractivity contribution in [1.82, 2.24) is 14.7 Å². The van der Waals surface area contributed by atoms with Crippen LogP contribution in [0.2, 0.25) is 0 Å². The van der Waals surface area contributed by atoms with E-state index < -0.39 is 17.7 Å². The van der Waals surface area contributed by atoms with E-state index in [1.54, 1.807) is 0 Å². The van der Waals surface area contributed by atoms with Gasteiger partial charge in [0, 0.05) is 29.8 Å². The predicted molar refractivity (Wildman–Crippen MR) is 125 cm³/mol. The number of hydrogen-bond acceptors (Lipinski definition) is 5. The van der Waals surface area contributed by atoms with Gasteiger partial charge in [0.05, 0.1) is 28.9 Å². The first-order valence-corrected chi connectivity index (χ1v) is 11.7. The average Bonchev–Trinajstić information content (AvgIpc) is 3.47. The number of rotatable bonds is 4. The first-order chi connectivity index (χ1) is 16.8. The Labute approximate surface area is 200 Å². The molecule has 1 saturated heterocycles. The molecule has 1 aliphatic heterocycles. The largest absolute Gasteiger partial charge is 0.393 e. The molecular weight excluding hydrogens is 454 g/mol. The Bertz CT molecular complexity index is 1450. The Morgan fingerprint density at radius 2 is 1.89 bits per heavy atom. The Balaban J connectivity index is 1.50. The van der Waals surface area contributed by atoms with Gasteiger partial charge >= 0.3 is 0 Å². The minimum absolute atomic E-state index is 0.0393. The van der Waals surface area contributed by atoms with Gasteiger partial charge in [-0.05, 0) is 62.9 Å². The predicted octanol–water partition coefficient (Wildman–Crippen LogP) is 5.15. The van der Waals surface area contributed by atoms with Crippen LogP contribution in [0.5, 0.6) is 0 Å². The minimum Gasteiger partial charge on any atom is -0.393 e. The number of aromatic nitrogens is 3. The van der Waals surface area contributed by atoms with E-state index in [-0.39, 0.29) is 24.5 Å². The molecule has 6 rings (SSSR count). The van der Waals surface area contributed by atoms with Crippen molar-refractivity contribution in [3.05, 3.63) is 65.3 Å². The molecule has 2 aromatic heterocycles. The summed E-state index contributed by atoms with van der Waals surface area (Å²) in [6.07, 6.45) is 1.60. The van der Waals surface area contributed by atoms with Gasteiger partial charge in [-0.25, -0.2) is 13.8 Å². The minimum atomic E-state index is -0.999. The summed E-state index contributed by atoms with van der Waals surface area (Å²) >= 11 is 0. The van der Waals surface area contributed by atoms with Gasteiger partial charge in [0.15, 0.2) is 11.6 Å². The van der Waals surface area contributed by atoms with E-state index in [0.29, 0.717) is 30.8 Å². The van der Waals surface area contributed by atoms with Crippen molar-refractivity contribution in [3.8, 4) is 11.1 Å². The molecule has 35 heavy (non-hydrogen) atoms. The zero-order valence-corrected chi connectivity index (χ0v) is 19.3.